The van der Waals surface area contributed by atoms with Gasteiger partial charge in [-0.25, -0.2) is 8.42 Å². The monoisotopic (exact) mass is 422 g/mol. The Kier molecular flexibility index (Phi) is 6.27. The molecule has 1 amide bonds. The molecule has 30 heavy (non-hydrogen) atoms. The summed E-state index contributed by atoms with van der Waals surface area (Å²) in [7, 11) is -3.68. The molecule has 0 aliphatic carbocycles. The standard InChI is InChI=1S/C24H26N2O3S/c1-16-6-13-22(14-7-16)30(28,29)26-21-11-9-20(10-12-21)24(27)25-19(4)23-15-17(2)5-8-18(23)3/h5-15,19,26H,1-4H3,(H,25,27)/t19-/m0/s1. The molecule has 0 saturated heterocycles. The number of amides is 1. The zero-order chi connectivity index (χ0) is 21.9. The molecule has 0 heterocycles. The molecule has 0 aliphatic heterocycles. The van der Waals surface area contributed by atoms with E-state index >= 15 is 0 Å². The van der Waals surface area contributed by atoms with Gasteiger partial charge in [0.1, 0.15) is 0 Å². The minimum atomic E-state index is -3.68. The van der Waals surface area contributed by atoms with E-state index in [9.17, 15) is 13.2 Å². The van der Waals surface area contributed by atoms with Gasteiger partial charge in [0.05, 0.1) is 10.9 Å². The first-order valence-corrected chi connectivity index (χ1v) is 11.2. The van der Waals surface area contributed by atoms with Crippen LogP contribution in [0.4, 0.5) is 5.69 Å². The topological polar surface area (TPSA) is 75.3 Å². The second-order valence-electron chi connectivity index (χ2n) is 7.55. The predicted molar refractivity (Wildman–Crippen MR) is 120 cm³/mol. The van der Waals surface area contributed by atoms with Gasteiger partial charge in [0.2, 0.25) is 0 Å². The number of carbonyl (C=O) groups excluding carboxylic acids is 1. The Morgan fingerprint density at radius 3 is 2.07 bits per heavy atom. The van der Waals surface area contributed by atoms with Crippen LogP contribution < -0.4 is 10.0 Å². The van der Waals surface area contributed by atoms with Crippen LogP contribution in [-0.2, 0) is 10.0 Å². The third-order valence-electron chi connectivity index (χ3n) is 4.98. The van der Waals surface area contributed by atoms with E-state index in [0.29, 0.717) is 11.3 Å². The minimum Gasteiger partial charge on any atom is -0.346 e. The summed E-state index contributed by atoms with van der Waals surface area (Å²) in [6, 6.07) is 19.0. The Labute approximate surface area is 178 Å². The van der Waals surface area contributed by atoms with Crippen LogP contribution >= 0.6 is 0 Å². The predicted octanol–water partition coefficient (Wildman–Crippen LogP) is 4.90. The molecule has 3 aromatic rings. The Morgan fingerprint density at radius 2 is 1.43 bits per heavy atom. The highest BCUT2D eigenvalue weighted by molar-refractivity contribution is 7.92. The molecule has 0 saturated carbocycles. The average Bonchev–Trinajstić information content (AvgIpc) is 2.70. The summed E-state index contributed by atoms with van der Waals surface area (Å²) in [4.78, 5) is 12.8. The Morgan fingerprint density at radius 1 is 0.833 bits per heavy atom. The largest absolute Gasteiger partial charge is 0.346 e. The molecular formula is C24H26N2O3S. The fourth-order valence-corrected chi connectivity index (χ4v) is 4.26. The van der Waals surface area contributed by atoms with E-state index in [1.807, 2.05) is 39.8 Å². The quantitative estimate of drug-likeness (QED) is 0.593. The number of anilines is 1. The van der Waals surface area contributed by atoms with Crippen LogP contribution in [0.2, 0.25) is 0 Å². The van der Waals surface area contributed by atoms with E-state index < -0.39 is 10.0 Å². The lowest BCUT2D eigenvalue weighted by Crippen LogP contribution is -2.27. The highest BCUT2D eigenvalue weighted by Crippen LogP contribution is 2.21. The van der Waals surface area contributed by atoms with E-state index in [4.69, 9.17) is 0 Å². The fraction of sp³-hybridized carbons (Fsp3) is 0.208. The molecule has 3 rings (SSSR count). The minimum absolute atomic E-state index is 0.142. The van der Waals surface area contributed by atoms with Gasteiger partial charge in [-0.2, -0.15) is 0 Å². The molecule has 0 aromatic heterocycles. The maximum absolute atomic E-state index is 12.6. The van der Waals surface area contributed by atoms with Crippen LogP contribution in [0.25, 0.3) is 0 Å². The van der Waals surface area contributed by atoms with Crippen LogP contribution in [0.1, 0.15) is 45.6 Å². The number of benzene rings is 3. The molecular weight excluding hydrogens is 396 g/mol. The normalized spacial score (nSPS) is 12.3. The number of aryl methyl sites for hydroxylation is 3. The number of nitrogens with one attached hydrogen (secondary N) is 2. The van der Waals surface area contributed by atoms with Gasteiger partial charge in [-0.1, -0.05) is 41.5 Å². The smallest absolute Gasteiger partial charge is 0.261 e. The molecule has 0 fully saturated rings. The van der Waals surface area contributed by atoms with E-state index in [0.717, 1.165) is 22.3 Å². The Hall–Kier alpha value is -3.12. The highest BCUT2D eigenvalue weighted by Gasteiger charge is 2.16. The van der Waals surface area contributed by atoms with Gasteiger partial charge in [0.25, 0.3) is 15.9 Å². The molecule has 0 unspecified atom stereocenters. The molecule has 0 radical (unpaired) electrons. The SMILES string of the molecule is Cc1ccc(S(=O)(=O)Nc2ccc(C(=O)N[C@@H](C)c3cc(C)ccc3C)cc2)cc1. The van der Waals surface area contributed by atoms with Crippen molar-refractivity contribution in [3.8, 4) is 0 Å². The van der Waals surface area contributed by atoms with Gasteiger partial charge in [-0.15, -0.1) is 0 Å². The van der Waals surface area contributed by atoms with Crippen LogP contribution in [0, 0.1) is 20.8 Å². The molecule has 0 aliphatic rings. The Balaban J connectivity index is 1.69. The number of carbonyl (C=O) groups is 1. The number of hydrogen-bond acceptors (Lipinski definition) is 3. The number of hydrogen-bond donors (Lipinski definition) is 2. The van der Waals surface area contributed by atoms with Gasteiger partial charge in [-0.05, 0) is 75.2 Å². The number of rotatable bonds is 6. The van der Waals surface area contributed by atoms with Crippen molar-refractivity contribution in [2.24, 2.45) is 0 Å². The van der Waals surface area contributed by atoms with E-state index in [2.05, 4.69) is 16.1 Å². The average molecular weight is 423 g/mol. The van der Waals surface area contributed by atoms with Crippen LogP contribution in [0.15, 0.2) is 71.6 Å². The van der Waals surface area contributed by atoms with Gasteiger partial charge in [0, 0.05) is 11.3 Å². The summed E-state index contributed by atoms with van der Waals surface area (Å²) in [5.41, 5.74) is 5.18. The van der Waals surface area contributed by atoms with Crippen molar-refractivity contribution in [3.63, 3.8) is 0 Å². The third-order valence-corrected chi connectivity index (χ3v) is 6.38. The second kappa shape index (κ2) is 8.71. The van der Waals surface area contributed by atoms with E-state index in [1.165, 1.54) is 0 Å². The summed E-state index contributed by atoms with van der Waals surface area (Å²) in [5.74, 6) is -0.212. The molecule has 3 aromatic carbocycles. The second-order valence-corrected chi connectivity index (χ2v) is 9.23. The first-order chi connectivity index (χ1) is 14.2. The lowest BCUT2D eigenvalue weighted by Gasteiger charge is -2.17. The first kappa shape index (κ1) is 21.6. The van der Waals surface area contributed by atoms with Crippen LogP contribution in [0.5, 0.6) is 0 Å². The third kappa shape index (κ3) is 5.07. The van der Waals surface area contributed by atoms with Crippen molar-refractivity contribution in [1.82, 2.24) is 5.32 Å². The van der Waals surface area contributed by atoms with Gasteiger partial charge in [-0.3, -0.25) is 9.52 Å². The summed E-state index contributed by atoms with van der Waals surface area (Å²) < 4.78 is 27.5. The lowest BCUT2D eigenvalue weighted by molar-refractivity contribution is 0.0940. The molecule has 2 N–H and O–H groups in total. The zero-order valence-corrected chi connectivity index (χ0v) is 18.4. The van der Waals surface area contributed by atoms with Crippen LogP contribution in [-0.4, -0.2) is 14.3 Å². The zero-order valence-electron chi connectivity index (χ0n) is 17.6. The maximum atomic E-state index is 12.6. The summed E-state index contributed by atoms with van der Waals surface area (Å²) >= 11 is 0. The molecule has 5 nitrogen and oxygen atoms in total. The lowest BCUT2D eigenvalue weighted by atomic mass is 9.99. The van der Waals surface area contributed by atoms with Crippen LogP contribution in [0.3, 0.4) is 0 Å². The van der Waals surface area contributed by atoms with Crippen molar-refractivity contribution in [1.29, 1.82) is 0 Å². The molecule has 156 valence electrons. The number of sulfonamides is 1. The Bertz CT molecular complexity index is 1150. The van der Waals surface area contributed by atoms with E-state index in [-0.39, 0.29) is 16.8 Å². The first-order valence-electron chi connectivity index (χ1n) is 9.73. The highest BCUT2D eigenvalue weighted by atomic mass is 32.2. The van der Waals surface area contributed by atoms with Crippen molar-refractivity contribution < 1.29 is 13.2 Å². The van der Waals surface area contributed by atoms with E-state index in [1.54, 1.807) is 48.5 Å². The summed E-state index contributed by atoms with van der Waals surface area (Å²) in [6.07, 6.45) is 0. The van der Waals surface area contributed by atoms with Gasteiger partial charge in [0.15, 0.2) is 0 Å². The molecule has 1 atom stereocenters. The van der Waals surface area contributed by atoms with Crippen molar-refractivity contribution in [3.05, 3.63) is 94.5 Å². The van der Waals surface area contributed by atoms with Crippen molar-refractivity contribution >= 4 is 21.6 Å². The van der Waals surface area contributed by atoms with Gasteiger partial charge >= 0.3 is 0 Å². The van der Waals surface area contributed by atoms with Crippen molar-refractivity contribution in [2.75, 3.05) is 4.72 Å². The summed E-state index contributed by atoms with van der Waals surface area (Å²) in [6.45, 7) is 7.89. The molecule has 0 bridgehead atoms. The molecule has 0 spiro atoms. The van der Waals surface area contributed by atoms with Crippen molar-refractivity contribution in [2.45, 2.75) is 38.6 Å². The maximum Gasteiger partial charge on any atom is 0.261 e. The summed E-state index contributed by atoms with van der Waals surface area (Å²) in [5, 5.41) is 3.00. The fourth-order valence-electron chi connectivity index (χ4n) is 3.21. The molecule has 6 heteroatoms. The van der Waals surface area contributed by atoms with Gasteiger partial charge < -0.3 is 5.32 Å².